The number of oxime groups is 1. The number of ether oxygens (including phenoxy) is 1. The van der Waals surface area contributed by atoms with Crippen LogP contribution in [0, 0.1) is 0 Å². The van der Waals surface area contributed by atoms with Crippen LogP contribution in [0.3, 0.4) is 0 Å². The molecule has 0 aliphatic heterocycles. The van der Waals surface area contributed by atoms with Crippen LogP contribution in [0.15, 0.2) is 29.4 Å². The fourth-order valence-corrected chi connectivity index (χ4v) is 2.71. The first kappa shape index (κ1) is 15.3. The summed E-state index contributed by atoms with van der Waals surface area (Å²) in [5.41, 5.74) is 5.93. The van der Waals surface area contributed by atoms with E-state index in [-0.39, 0.29) is 23.9 Å². The van der Waals surface area contributed by atoms with E-state index in [0.717, 1.165) is 0 Å². The third kappa shape index (κ3) is 4.78. The highest BCUT2D eigenvalue weighted by molar-refractivity contribution is 7.91. The number of nitrogens with zero attached hydrogens (tertiary/aromatic N) is 1. The van der Waals surface area contributed by atoms with Gasteiger partial charge in [0.1, 0.15) is 12.4 Å². The molecule has 0 unspecified atom stereocenters. The van der Waals surface area contributed by atoms with Gasteiger partial charge in [-0.3, -0.25) is 0 Å². The Morgan fingerprint density at radius 3 is 2.68 bits per heavy atom. The van der Waals surface area contributed by atoms with E-state index in [0.29, 0.717) is 17.7 Å². The van der Waals surface area contributed by atoms with Crippen molar-refractivity contribution in [3.63, 3.8) is 0 Å². The van der Waals surface area contributed by atoms with E-state index in [2.05, 4.69) is 5.16 Å². The zero-order valence-corrected chi connectivity index (χ0v) is 11.6. The van der Waals surface area contributed by atoms with Gasteiger partial charge in [-0.15, -0.1) is 0 Å². The minimum Gasteiger partial charge on any atom is -0.492 e. The Bertz CT molecular complexity index is 540. The molecule has 19 heavy (non-hydrogen) atoms. The van der Waals surface area contributed by atoms with E-state index in [9.17, 15) is 8.42 Å². The molecule has 0 aromatic heterocycles. The van der Waals surface area contributed by atoms with Crippen LogP contribution < -0.4 is 10.5 Å². The molecule has 0 spiro atoms. The Morgan fingerprint density at radius 1 is 1.37 bits per heavy atom. The molecule has 6 nitrogen and oxygen atoms in total. The highest BCUT2D eigenvalue weighted by Crippen LogP contribution is 2.17. The van der Waals surface area contributed by atoms with Crippen LogP contribution in [0.5, 0.6) is 5.75 Å². The van der Waals surface area contributed by atoms with Gasteiger partial charge in [0.15, 0.2) is 15.7 Å². The van der Waals surface area contributed by atoms with Crippen LogP contribution in [0.25, 0.3) is 0 Å². The molecule has 1 rings (SSSR count). The Kier molecular flexibility index (Phi) is 5.62. The predicted molar refractivity (Wildman–Crippen MR) is 73.4 cm³/mol. The summed E-state index contributed by atoms with van der Waals surface area (Å²) in [6.45, 7) is 1.85. The molecule has 0 bridgehead atoms. The smallest absolute Gasteiger partial charge is 0.173 e. The van der Waals surface area contributed by atoms with Crippen LogP contribution in [0.4, 0.5) is 0 Å². The topological polar surface area (TPSA) is 102 Å². The standard InChI is InChI=1S/C12H18N2O4S/c1-2-8-19(16,17)9-7-18-11-6-4-3-5-10(11)12(13)14-15/h3-6,15H,2,7-9H2,1H3,(H2,13,14). The molecule has 106 valence electrons. The molecule has 0 amide bonds. The number of para-hydroxylation sites is 1. The molecule has 1 aromatic carbocycles. The van der Waals surface area contributed by atoms with Crippen LogP contribution in [-0.2, 0) is 9.84 Å². The van der Waals surface area contributed by atoms with E-state index >= 15 is 0 Å². The van der Waals surface area contributed by atoms with Crippen LogP contribution in [0.2, 0.25) is 0 Å². The van der Waals surface area contributed by atoms with Gasteiger partial charge in [-0.1, -0.05) is 24.2 Å². The fourth-order valence-electron chi connectivity index (χ4n) is 1.55. The molecule has 0 atom stereocenters. The maximum absolute atomic E-state index is 11.5. The lowest BCUT2D eigenvalue weighted by Gasteiger charge is -2.10. The highest BCUT2D eigenvalue weighted by Gasteiger charge is 2.11. The Morgan fingerprint density at radius 2 is 2.05 bits per heavy atom. The number of hydrogen-bond donors (Lipinski definition) is 2. The van der Waals surface area contributed by atoms with Crippen LogP contribution in [0.1, 0.15) is 18.9 Å². The summed E-state index contributed by atoms with van der Waals surface area (Å²) >= 11 is 0. The Hall–Kier alpha value is -1.76. The lowest BCUT2D eigenvalue weighted by Crippen LogP contribution is -2.19. The number of nitrogens with two attached hydrogens (primary N) is 1. The third-order valence-corrected chi connectivity index (χ3v) is 4.26. The average Bonchev–Trinajstić information content (AvgIpc) is 2.38. The minimum atomic E-state index is -3.08. The monoisotopic (exact) mass is 286 g/mol. The molecule has 3 N–H and O–H groups in total. The zero-order chi connectivity index (χ0) is 14.3. The summed E-state index contributed by atoms with van der Waals surface area (Å²) < 4.78 is 28.4. The van der Waals surface area contributed by atoms with Crippen molar-refractivity contribution in [1.29, 1.82) is 0 Å². The zero-order valence-electron chi connectivity index (χ0n) is 10.7. The van der Waals surface area contributed by atoms with Gasteiger partial charge in [-0.2, -0.15) is 0 Å². The van der Waals surface area contributed by atoms with Gasteiger partial charge in [0, 0.05) is 0 Å². The maximum Gasteiger partial charge on any atom is 0.173 e. The molecule has 0 saturated heterocycles. The van der Waals surface area contributed by atoms with Crippen molar-refractivity contribution in [2.24, 2.45) is 10.9 Å². The van der Waals surface area contributed by atoms with Crippen LogP contribution >= 0.6 is 0 Å². The quantitative estimate of drug-likeness (QED) is 0.337. The molecule has 0 aliphatic rings. The average molecular weight is 286 g/mol. The lowest BCUT2D eigenvalue weighted by molar-refractivity contribution is 0.317. The van der Waals surface area contributed by atoms with Gasteiger partial charge in [0.2, 0.25) is 0 Å². The summed E-state index contributed by atoms with van der Waals surface area (Å²) in [7, 11) is -3.08. The lowest BCUT2D eigenvalue weighted by atomic mass is 10.2. The highest BCUT2D eigenvalue weighted by atomic mass is 32.2. The summed E-state index contributed by atoms with van der Waals surface area (Å²) in [6, 6.07) is 6.71. The minimum absolute atomic E-state index is 0.0397. The van der Waals surface area contributed by atoms with Gasteiger partial charge in [0.05, 0.1) is 17.1 Å². The molecule has 0 heterocycles. The fraction of sp³-hybridized carbons (Fsp3) is 0.417. The van der Waals surface area contributed by atoms with Crippen molar-refractivity contribution in [2.45, 2.75) is 13.3 Å². The van der Waals surface area contributed by atoms with Crippen molar-refractivity contribution in [1.82, 2.24) is 0 Å². The Balaban J connectivity index is 2.69. The van der Waals surface area contributed by atoms with Crippen molar-refractivity contribution < 1.29 is 18.4 Å². The number of rotatable bonds is 7. The van der Waals surface area contributed by atoms with Crippen molar-refractivity contribution in [3.8, 4) is 5.75 Å². The van der Waals surface area contributed by atoms with Gasteiger partial charge >= 0.3 is 0 Å². The molecule has 0 aliphatic carbocycles. The Labute approximate surface area is 112 Å². The number of benzene rings is 1. The number of hydrogen-bond acceptors (Lipinski definition) is 5. The third-order valence-electron chi connectivity index (χ3n) is 2.44. The first-order valence-corrected chi connectivity index (χ1v) is 7.72. The van der Waals surface area contributed by atoms with E-state index < -0.39 is 9.84 Å². The molecule has 7 heteroatoms. The van der Waals surface area contributed by atoms with E-state index in [1.54, 1.807) is 24.3 Å². The molecular weight excluding hydrogens is 268 g/mol. The van der Waals surface area contributed by atoms with E-state index in [4.69, 9.17) is 15.7 Å². The summed E-state index contributed by atoms with van der Waals surface area (Å²) in [5.74, 6) is 0.417. The summed E-state index contributed by atoms with van der Waals surface area (Å²) in [6.07, 6.45) is 0.586. The molecule has 0 saturated carbocycles. The van der Waals surface area contributed by atoms with Crippen molar-refractivity contribution >= 4 is 15.7 Å². The normalized spacial score (nSPS) is 12.4. The van der Waals surface area contributed by atoms with E-state index in [1.807, 2.05) is 6.92 Å². The van der Waals surface area contributed by atoms with Crippen molar-refractivity contribution in [3.05, 3.63) is 29.8 Å². The molecular formula is C12H18N2O4S. The largest absolute Gasteiger partial charge is 0.492 e. The SMILES string of the molecule is CCCS(=O)(=O)CCOc1ccccc1/C(N)=N/O. The second kappa shape index (κ2) is 6.98. The van der Waals surface area contributed by atoms with Crippen LogP contribution in [-0.4, -0.2) is 37.6 Å². The van der Waals surface area contributed by atoms with Gasteiger partial charge in [-0.25, -0.2) is 8.42 Å². The first-order valence-electron chi connectivity index (χ1n) is 5.90. The molecule has 0 radical (unpaired) electrons. The van der Waals surface area contributed by atoms with Gasteiger partial charge < -0.3 is 15.7 Å². The molecule has 1 aromatic rings. The predicted octanol–water partition coefficient (Wildman–Crippen LogP) is 0.985. The second-order valence-electron chi connectivity index (χ2n) is 3.98. The van der Waals surface area contributed by atoms with Crippen molar-refractivity contribution in [2.75, 3.05) is 18.1 Å². The maximum atomic E-state index is 11.5. The summed E-state index contributed by atoms with van der Waals surface area (Å²) in [5, 5.41) is 11.6. The first-order chi connectivity index (χ1) is 9.00. The van der Waals surface area contributed by atoms with E-state index in [1.165, 1.54) is 0 Å². The number of amidine groups is 1. The number of sulfone groups is 1. The molecule has 0 fully saturated rings. The second-order valence-corrected chi connectivity index (χ2v) is 6.29. The van der Waals surface area contributed by atoms with Gasteiger partial charge in [0.25, 0.3) is 0 Å². The summed E-state index contributed by atoms with van der Waals surface area (Å²) in [4.78, 5) is 0. The van der Waals surface area contributed by atoms with Gasteiger partial charge in [-0.05, 0) is 18.6 Å².